The van der Waals surface area contributed by atoms with Gasteiger partial charge in [-0.15, -0.1) is 0 Å². The maximum Gasteiger partial charge on any atom is 0.227 e. The van der Waals surface area contributed by atoms with Gasteiger partial charge in [0.05, 0.1) is 11.8 Å². The van der Waals surface area contributed by atoms with Crippen molar-refractivity contribution < 1.29 is 13.2 Å². The first-order chi connectivity index (χ1) is 11.9. The summed E-state index contributed by atoms with van der Waals surface area (Å²) in [4.78, 5) is 14.4. The molecule has 25 heavy (non-hydrogen) atoms. The van der Waals surface area contributed by atoms with Crippen LogP contribution in [0.2, 0.25) is 5.02 Å². The van der Waals surface area contributed by atoms with Gasteiger partial charge in [0.15, 0.2) is 9.84 Å². The SMILES string of the molecule is O=C(CCc1ccccc1)N(c1cccc(Cl)c1)C1C=CS(=O)(=O)C1. The second kappa shape index (κ2) is 7.42. The van der Waals surface area contributed by atoms with Gasteiger partial charge in [-0.05, 0) is 36.3 Å². The van der Waals surface area contributed by atoms with Crippen LogP contribution in [0.25, 0.3) is 0 Å². The maximum absolute atomic E-state index is 12.9. The molecule has 130 valence electrons. The van der Waals surface area contributed by atoms with Crippen molar-refractivity contribution in [3.05, 3.63) is 76.7 Å². The first-order valence-corrected chi connectivity index (χ1v) is 10.1. The summed E-state index contributed by atoms with van der Waals surface area (Å²) in [6.45, 7) is 0. The van der Waals surface area contributed by atoms with Gasteiger partial charge in [0.1, 0.15) is 0 Å². The van der Waals surface area contributed by atoms with Crippen LogP contribution in [0.15, 0.2) is 66.1 Å². The summed E-state index contributed by atoms with van der Waals surface area (Å²) >= 11 is 6.06. The third-order valence-corrected chi connectivity index (χ3v) is 5.68. The first-order valence-electron chi connectivity index (χ1n) is 7.97. The molecule has 1 aliphatic heterocycles. The molecule has 0 fully saturated rings. The Balaban J connectivity index is 1.83. The minimum Gasteiger partial charge on any atom is -0.304 e. The Bertz CT molecular complexity index is 894. The molecule has 3 rings (SSSR count). The molecule has 4 nitrogen and oxygen atoms in total. The molecule has 0 aromatic heterocycles. The summed E-state index contributed by atoms with van der Waals surface area (Å²) < 4.78 is 23.6. The van der Waals surface area contributed by atoms with Gasteiger partial charge in [-0.2, -0.15) is 0 Å². The molecule has 0 radical (unpaired) electrons. The number of hydrogen-bond donors (Lipinski definition) is 0. The lowest BCUT2D eigenvalue weighted by atomic mass is 10.1. The van der Waals surface area contributed by atoms with E-state index in [1.807, 2.05) is 30.3 Å². The smallest absolute Gasteiger partial charge is 0.227 e. The lowest BCUT2D eigenvalue weighted by molar-refractivity contribution is -0.118. The van der Waals surface area contributed by atoms with Crippen LogP contribution in [0.1, 0.15) is 12.0 Å². The highest BCUT2D eigenvalue weighted by atomic mass is 35.5. The highest BCUT2D eigenvalue weighted by Gasteiger charge is 2.31. The van der Waals surface area contributed by atoms with E-state index in [0.717, 1.165) is 5.56 Å². The van der Waals surface area contributed by atoms with Crippen LogP contribution in [0.3, 0.4) is 0 Å². The predicted octanol–water partition coefficient (Wildman–Crippen LogP) is 3.62. The van der Waals surface area contributed by atoms with E-state index in [4.69, 9.17) is 11.6 Å². The number of anilines is 1. The number of halogens is 1. The Kier molecular flexibility index (Phi) is 5.25. The van der Waals surface area contributed by atoms with Gasteiger partial charge in [0.2, 0.25) is 5.91 Å². The van der Waals surface area contributed by atoms with Crippen molar-refractivity contribution in [1.82, 2.24) is 0 Å². The molecule has 2 aromatic carbocycles. The van der Waals surface area contributed by atoms with Crippen LogP contribution in [0, 0.1) is 0 Å². The molecule has 2 aromatic rings. The Morgan fingerprint density at radius 3 is 2.52 bits per heavy atom. The number of carbonyl (C=O) groups is 1. The van der Waals surface area contributed by atoms with Gasteiger partial charge in [0.25, 0.3) is 0 Å². The summed E-state index contributed by atoms with van der Waals surface area (Å²) in [5.41, 5.74) is 1.67. The summed E-state index contributed by atoms with van der Waals surface area (Å²) in [5.74, 6) is -0.228. The van der Waals surface area contributed by atoms with E-state index >= 15 is 0 Å². The number of sulfone groups is 1. The summed E-state index contributed by atoms with van der Waals surface area (Å²) in [5, 5.41) is 1.68. The van der Waals surface area contributed by atoms with E-state index in [-0.39, 0.29) is 11.7 Å². The Labute approximate surface area is 152 Å². The van der Waals surface area contributed by atoms with Crippen LogP contribution < -0.4 is 4.90 Å². The highest BCUT2D eigenvalue weighted by Crippen LogP contribution is 2.26. The van der Waals surface area contributed by atoms with Crippen LogP contribution in [-0.4, -0.2) is 26.1 Å². The molecule has 1 aliphatic rings. The maximum atomic E-state index is 12.9. The van der Waals surface area contributed by atoms with Gasteiger partial charge in [-0.3, -0.25) is 4.79 Å². The molecule has 1 heterocycles. The standard InChI is InChI=1S/C19H18ClNO3S/c20-16-7-4-8-17(13-16)21(18-11-12-25(23,24)14-18)19(22)10-9-15-5-2-1-3-6-15/h1-8,11-13,18H,9-10,14H2. The van der Waals surface area contributed by atoms with Gasteiger partial charge >= 0.3 is 0 Å². The molecule has 0 saturated carbocycles. The fraction of sp³-hybridized carbons (Fsp3) is 0.211. The molecule has 0 spiro atoms. The molecular weight excluding hydrogens is 358 g/mol. The third-order valence-electron chi connectivity index (χ3n) is 4.07. The van der Waals surface area contributed by atoms with Crippen molar-refractivity contribution in [2.45, 2.75) is 18.9 Å². The lowest BCUT2D eigenvalue weighted by Crippen LogP contribution is -2.41. The zero-order valence-corrected chi connectivity index (χ0v) is 15.1. The molecule has 1 amide bonds. The average Bonchev–Trinajstić information content (AvgIpc) is 2.94. The largest absolute Gasteiger partial charge is 0.304 e. The van der Waals surface area contributed by atoms with Crippen LogP contribution in [0.5, 0.6) is 0 Å². The van der Waals surface area contributed by atoms with Gasteiger partial charge in [-0.1, -0.05) is 48.0 Å². The molecule has 0 saturated heterocycles. The molecular formula is C19H18ClNO3S. The Morgan fingerprint density at radius 1 is 1.12 bits per heavy atom. The van der Waals surface area contributed by atoms with Crippen molar-refractivity contribution in [1.29, 1.82) is 0 Å². The monoisotopic (exact) mass is 375 g/mol. The Hall–Kier alpha value is -2.11. The minimum absolute atomic E-state index is 0.101. The van der Waals surface area contributed by atoms with Crippen molar-refractivity contribution in [2.24, 2.45) is 0 Å². The van der Waals surface area contributed by atoms with Crippen molar-refractivity contribution in [2.75, 3.05) is 10.7 Å². The van der Waals surface area contributed by atoms with E-state index < -0.39 is 15.9 Å². The third kappa shape index (κ3) is 4.50. The number of nitrogens with zero attached hydrogens (tertiary/aromatic N) is 1. The van der Waals surface area contributed by atoms with Crippen molar-refractivity contribution >= 4 is 33.0 Å². The van der Waals surface area contributed by atoms with E-state index in [1.165, 1.54) is 10.3 Å². The molecule has 0 bridgehead atoms. The number of benzene rings is 2. The van der Waals surface area contributed by atoms with Crippen LogP contribution >= 0.6 is 11.6 Å². The van der Waals surface area contributed by atoms with Crippen LogP contribution in [-0.2, 0) is 21.1 Å². The second-order valence-corrected chi connectivity index (χ2v) is 8.32. The Morgan fingerprint density at radius 2 is 1.88 bits per heavy atom. The molecule has 0 aliphatic carbocycles. The predicted molar refractivity (Wildman–Crippen MR) is 100 cm³/mol. The zero-order chi connectivity index (χ0) is 17.9. The average molecular weight is 376 g/mol. The zero-order valence-electron chi connectivity index (χ0n) is 13.5. The van der Waals surface area contributed by atoms with E-state index in [0.29, 0.717) is 23.6 Å². The van der Waals surface area contributed by atoms with E-state index in [9.17, 15) is 13.2 Å². The first kappa shape index (κ1) is 17.7. The molecule has 0 N–H and O–H groups in total. The normalized spacial score (nSPS) is 18.2. The number of hydrogen-bond acceptors (Lipinski definition) is 3. The van der Waals surface area contributed by atoms with Gasteiger partial charge < -0.3 is 4.90 Å². The molecule has 1 atom stereocenters. The number of rotatable bonds is 5. The van der Waals surface area contributed by atoms with Gasteiger partial charge in [0, 0.05) is 22.5 Å². The van der Waals surface area contributed by atoms with E-state index in [2.05, 4.69) is 0 Å². The topological polar surface area (TPSA) is 54.5 Å². The van der Waals surface area contributed by atoms with E-state index in [1.54, 1.807) is 30.3 Å². The second-order valence-electron chi connectivity index (χ2n) is 5.95. The molecule has 6 heteroatoms. The summed E-state index contributed by atoms with van der Waals surface area (Å²) in [6.07, 6.45) is 2.46. The number of carbonyl (C=O) groups excluding carboxylic acids is 1. The fourth-order valence-corrected chi connectivity index (χ4v) is 4.34. The minimum atomic E-state index is -3.27. The van der Waals surface area contributed by atoms with Crippen molar-refractivity contribution in [3.8, 4) is 0 Å². The van der Waals surface area contributed by atoms with Crippen LogP contribution in [0.4, 0.5) is 5.69 Å². The number of aryl methyl sites for hydroxylation is 1. The number of amides is 1. The molecule has 1 unspecified atom stereocenters. The quantitative estimate of drug-likeness (QED) is 0.802. The van der Waals surface area contributed by atoms with Gasteiger partial charge in [-0.25, -0.2) is 8.42 Å². The fourth-order valence-electron chi connectivity index (χ4n) is 2.88. The van der Waals surface area contributed by atoms with Crippen molar-refractivity contribution in [3.63, 3.8) is 0 Å². The summed E-state index contributed by atoms with van der Waals surface area (Å²) in [7, 11) is -3.27. The lowest BCUT2D eigenvalue weighted by Gasteiger charge is -2.28. The summed E-state index contributed by atoms with van der Waals surface area (Å²) in [6, 6.07) is 16.1. The highest BCUT2D eigenvalue weighted by molar-refractivity contribution is 7.94.